The molecule has 4 nitrogen and oxygen atoms in total. The Morgan fingerprint density at radius 3 is 2.38 bits per heavy atom. The number of rotatable bonds is 1. The smallest absolute Gasteiger partial charge is 0.408 e. The van der Waals surface area contributed by atoms with Crippen LogP contribution in [0.25, 0.3) is 0 Å². The number of nitrogen functional groups attached to an aromatic ring is 1. The second kappa shape index (κ2) is 4.00. The Morgan fingerprint density at radius 1 is 1.38 bits per heavy atom. The van der Waals surface area contributed by atoms with Crippen LogP contribution in [0.4, 0.5) is 14.9 Å². The van der Waals surface area contributed by atoms with Gasteiger partial charge in [-0.05, 0) is 17.5 Å². The Labute approximate surface area is 93.4 Å². The van der Waals surface area contributed by atoms with Crippen LogP contribution in [0.2, 0.25) is 0 Å². The summed E-state index contributed by atoms with van der Waals surface area (Å²) in [5, 5.41) is 0. The number of primary amides is 1. The van der Waals surface area contributed by atoms with Crippen molar-refractivity contribution in [2.45, 2.75) is 26.2 Å². The minimum atomic E-state index is -0.974. The average molecular weight is 226 g/mol. The highest BCUT2D eigenvalue weighted by molar-refractivity contribution is 5.72. The molecule has 0 spiro atoms. The molecule has 0 bridgehead atoms. The van der Waals surface area contributed by atoms with Gasteiger partial charge in [0.05, 0.1) is 5.69 Å². The Hall–Kier alpha value is -1.78. The van der Waals surface area contributed by atoms with E-state index in [1.165, 1.54) is 12.1 Å². The zero-order valence-corrected chi connectivity index (χ0v) is 9.50. The molecule has 4 N–H and O–H groups in total. The van der Waals surface area contributed by atoms with Crippen molar-refractivity contribution < 1.29 is 13.9 Å². The Balaban J connectivity index is 3.33. The first-order valence-electron chi connectivity index (χ1n) is 4.79. The van der Waals surface area contributed by atoms with Gasteiger partial charge in [0.25, 0.3) is 0 Å². The number of carbonyl (C=O) groups excluding carboxylic acids is 1. The molecule has 0 aliphatic rings. The fraction of sp³-hybridized carbons (Fsp3) is 0.364. The molecule has 0 fully saturated rings. The first kappa shape index (κ1) is 12.3. The third kappa shape index (κ3) is 2.42. The van der Waals surface area contributed by atoms with Crippen molar-refractivity contribution in [2.75, 3.05) is 5.73 Å². The molecule has 5 heteroatoms. The lowest BCUT2D eigenvalue weighted by Crippen LogP contribution is -2.20. The molecular formula is C11H15FN2O2. The second-order valence-corrected chi connectivity index (χ2v) is 4.51. The summed E-state index contributed by atoms with van der Waals surface area (Å²) in [4.78, 5) is 10.6. The monoisotopic (exact) mass is 226 g/mol. The van der Waals surface area contributed by atoms with Gasteiger partial charge in [-0.3, -0.25) is 0 Å². The molecule has 88 valence electrons. The lowest BCUT2D eigenvalue weighted by atomic mass is 9.85. The van der Waals surface area contributed by atoms with Crippen LogP contribution in [0, 0.1) is 5.82 Å². The van der Waals surface area contributed by atoms with Crippen LogP contribution < -0.4 is 16.2 Å². The summed E-state index contributed by atoms with van der Waals surface area (Å²) in [6.45, 7) is 5.45. The normalized spacial score (nSPS) is 11.2. The fourth-order valence-corrected chi connectivity index (χ4v) is 1.53. The first-order valence-corrected chi connectivity index (χ1v) is 4.79. The number of amides is 1. The molecule has 0 aliphatic carbocycles. The molecule has 0 radical (unpaired) electrons. The second-order valence-electron chi connectivity index (χ2n) is 4.51. The highest BCUT2D eigenvalue weighted by Crippen LogP contribution is 2.36. The van der Waals surface area contributed by atoms with Crippen molar-refractivity contribution in [2.24, 2.45) is 5.73 Å². The van der Waals surface area contributed by atoms with Crippen molar-refractivity contribution in [3.8, 4) is 5.75 Å². The summed E-state index contributed by atoms with van der Waals surface area (Å²) in [6, 6.07) is 2.49. The van der Waals surface area contributed by atoms with Crippen LogP contribution in [-0.4, -0.2) is 6.09 Å². The highest BCUT2D eigenvalue weighted by Gasteiger charge is 2.24. The lowest BCUT2D eigenvalue weighted by molar-refractivity contribution is 0.211. The molecule has 0 heterocycles. The SMILES string of the molecule is CC(C)(C)c1c(F)ccc(OC(N)=O)c1N. The van der Waals surface area contributed by atoms with Gasteiger partial charge in [0.2, 0.25) is 0 Å². The van der Waals surface area contributed by atoms with E-state index in [0.717, 1.165) is 0 Å². The first-order chi connectivity index (χ1) is 7.23. The topological polar surface area (TPSA) is 78.3 Å². The minimum Gasteiger partial charge on any atom is -0.408 e. The van der Waals surface area contributed by atoms with E-state index in [2.05, 4.69) is 4.74 Å². The van der Waals surface area contributed by atoms with Gasteiger partial charge >= 0.3 is 6.09 Å². The molecule has 0 unspecified atom stereocenters. The summed E-state index contributed by atoms with van der Waals surface area (Å²) >= 11 is 0. The number of carbonyl (C=O) groups is 1. The molecule has 1 amide bonds. The number of hydrogen-bond acceptors (Lipinski definition) is 3. The third-order valence-corrected chi connectivity index (χ3v) is 2.12. The number of anilines is 1. The average Bonchev–Trinajstić information content (AvgIpc) is 2.07. The van der Waals surface area contributed by atoms with Crippen LogP contribution in [0.1, 0.15) is 26.3 Å². The Morgan fingerprint density at radius 2 is 1.94 bits per heavy atom. The van der Waals surface area contributed by atoms with E-state index in [1.807, 2.05) is 20.8 Å². The third-order valence-electron chi connectivity index (χ3n) is 2.12. The van der Waals surface area contributed by atoms with Crippen LogP contribution in [0.5, 0.6) is 5.75 Å². The van der Waals surface area contributed by atoms with Crippen molar-refractivity contribution in [1.82, 2.24) is 0 Å². The lowest BCUT2D eigenvalue weighted by Gasteiger charge is -2.23. The molecule has 16 heavy (non-hydrogen) atoms. The van der Waals surface area contributed by atoms with E-state index < -0.39 is 17.3 Å². The van der Waals surface area contributed by atoms with Gasteiger partial charge in [-0.25, -0.2) is 9.18 Å². The number of halogens is 1. The van der Waals surface area contributed by atoms with Gasteiger partial charge in [0.1, 0.15) is 5.82 Å². The van der Waals surface area contributed by atoms with E-state index in [0.29, 0.717) is 5.56 Å². The van der Waals surface area contributed by atoms with Gasteiger partial charge < -0.3 is 16.2 Å². The van der Waals surface area contributed by atoms with Gasteiger partial charge in [-0.1, -0.05) is 20.8 Å². The molecular weight excluding hydrogens is 211 g/mol. The predicted molar refractivity (Wildman–Crippen MR) is 59.7 cm³/mol. The van der Waals surface area contributed by atoms with Crippen LogP contribution in [0.3, 0.4) is 0 Å². The number of benzene rings is 1. The molecule has 0 aromatic heterocycles. The van der Waals surface area contributed by atoms with Crippen molar-refractivity contribution in [3.05, 3.63) is 23.5 Å². The molecule has 0 aliphatic heterocycles. The van der Waals surface area contributed by atoms with Gasteiger partial charge in [-0.2, -0.15) is 0 Å². The van der Waals surface area contributed by atoms with Gasteiger partial charge in [-0.15, -0.1) is 0 Å². The standard InChI is InChI=1S/C11H15FN2O2/c1-11(2,3)8-6(12)4-5-7(9(8)13)16-10(14)15/h4-5H,13H2,1-3H3,(H2,14,15). The van der Waals surface area contributed by atoms with E-state index in [-0.39, 0.29) is 11.4 Å². The summed E-state index contributed by atoms with van der Waals surface area (Å²) in [7, 11) is 0. The van der Waals surface area contributed by atoms with Crippen molar-refractivity contribution in [1.29, 1.82) is 0 Å². The summed E-state index contributed by atoms with van der Waals surface area (Å²) < 4.78 is 18.3. The zero-order chi connectivity index (χ0) is 12.5. The maximum Gasteiger partial charge on any atom is 0.410 e. The molecule has 1 aromatic rings. The number of ether oxygens (including phenoxy) is 1. The van der Waals surface area contributed by atoms with Crippen LogP contribution in [0.15, 0.2) is 12.1 Å². The molecule has 1 aromatic carbocycles. The predicted octanol–water partition coefficient (Wildman–Crippen LogP) is 2.16. The van der Waals surface area contributed by atoms with Gasteiger partial charge in [0, 0.05) is 5.56 Å². The Kier molecular flexibility index (Phi) is 3.07. The van der Waals surface area contributed by atoms with E-state index >= 15 is 0 Å². The number of hydrogen-bond donors (Lipinski definition) is 2. The highest BCUT2D eigenvalue weighted by atomic mass is 19.1. The molecule has 0 saturated heterocycles. The quantitative estimate of drug-likeness (QED) is 0.720. The van der Waals surface area contributed by atoms with Crippen molar-refractivity contribution in [3.63, 3.8) is 0 Å². The van der Waals surface area contributed by atoms with E-state index in [9.17, 15) is 9.18 Å². The fourth-order valence-electron chi connectivity index (χ4n) is 1.53. The Bertz CT molecular complexity index is 425. The zero-order valence-electron chi connectivity index (χ0n) is 9.50. The largest absolute Gasteiger partial charge is 0.410 e. The summed E-state index contributed by atoms with van der Waals surface area (Å²) in [5.41, 5.74) is 10.6. The molecule has 0 saturated carbocycles. The summed E-state index contributed by atoms with van der Waals surface area (Å²) in [6.07, 6.45) is -0.974. The maximum atomic E-state index is 13.6. The van der Waals surface area contributed by atoms with Crippen LogP contribution in [-0.2, 0) is 5.41 Å². The summed E-state index contributed by atoms with van der Waals surface area (Å²) in [5.74, 6) is -0.347. The van der Waals surface area contributed by atoms with Crippen LogP contribution >= 0.6 is 0 Å². The number of nitrogens with two attached hydrogens (primary N) is 2. The maximum absolute atomic E-state index is 13.6. The van der Waals surface area contributed by atoms with Gasteiger partial charge in [0.15, 0.2) is 5.75 Å². The van der Waals surface area contributed by atoms with E-state index in [1.54, 1.807) is 0 Å². The van der Waals surface area contributed by atoms with Crippen molar-refractivity contribution >= 4 is 11.8 Å². The molecule has 1 rings (SSSR count). The molecule has 0 atom stereocenters. The van der Waals surface area contributed by atoms with E-state index in [4.69, 9.17) is 11.5 Å². The minimum absolute atomic E-state index is 0.0822.